The van der Waals surface area contributed by atoms with Gasteiger partial charge < -0.3 is 39.7 Å². The predicted octanol–water partition coefficient (Wildman–Crippen LogP) is 3.81. The van der Waals surface area contributed by atoms with Crippen molar-refractivity contribution >= 4 is 70.0 Å². The molecule has 2 aromatic rings. The number of para-hydroxylation sites is 1. The largest absolute Gasteiger partial charge is 0.379 e. The number of imide groups is 1. The molecule has 9 atom stereocenters. The highest BCUT2D eigenvalue weighted by Gasteiger charge is 2.44. The Morgan fingerprint density at radius 1 is 0.819 bits per heavy atom. The lowest BCUT2D eigenvalue weighted by Crippen LogP contribution is -2.60. The normalized spacial score (nSPS) is 18.6. The summed E-state index contributed by atoms with van der Waals surface area (Å²) in [6, 6.07) is 4.13. The zero-order valence-corrected chi connectivity index (χ0v) is 50.9. The molecule has 0 spiro atoms. The molecule has 462 valence electrons. The van der Waals surface area contributed by atoms with Gasteiger partial charge in [0, 0.05) is 97.0 Å². The van der Waals surface area contributed by atoms with Crippen molar-refractivity contribution in [1.82, 2.24) is 50.9 Å². The first-order chi connectivity index (χ1) is 39.4. The number of nitrogens with zero attached hydrogens (tertiary/aromatic N) is 6. The van der Waals surface area contributed by atoms with Crippen LogP contribution in [0.2, 0.25) is 0 Å². The number of hydrazine groups is 1. The summed E-state index contributed by atoms with van der Waals surface area (Å²) >= 11 is 0. The molecule has 0 radical (unpaired) electrons. The summed E-state index contributed by atoms with van der Waals surface area (Å²) in [5, 5.41) is 9.86. The van der Waals surface area contributed by atoms with Gasteiger partial charge in [0.1, 0.15) is 12.1 Å². The number of ether oxygens (including phenoxy) is 2. The van der Waals surface area contributed by atoms with Crippen molar-refractivity contribution in [2.75, 3.05) is 61.6 Å². The zero-order chi connectivity index (χ0) is 61.2. The Bertz CT molecular complexity index is 2550. The molecule has 3 fully saturated rings. The second-order valence-corrected chi connectivity index (χ2v) is 23.1. The number of benzene rings is 1. The number of amides is 9. The molecule has 3 aliphatic rings. The number of hydrogen-bond donors (Lipinski definition) is 4. The average molecular weight is 1170 g/mol. The SMILES string of the molecule is CC[C@H](C)[C@@H]([C@@H](CC(=O)N1CCC[C@H]1[C@H](OC)[C@@H](C)C(=O)N[C@@H](Cc1c[nH]c2ccccc12)C(=O)N1CCCCO1)OC)N(C)C(=O)[C@@H](NC(=O)[C@H](C(C)C)N(C)CCCC(=O)NN(C)C(=O)CCCC(=O)ON1C(=O)CCC1=O)C(C)C. The van der Waals surface area contributed by atoms with Crippen LogP contribution in [0, 0.1) is 23.7 Å². The number of aromatic amines is 1. The van der Waals surface area contributed by atoms with Gasteiger partial charge in [-0.2, -0.15) is 0 Å². The Balaban J connectivity index is 1.18. The van der Waals surface area contributed by atoms with Crippen LogP contribution in [-0.4, -0.2) is 198 Å². The predicted molar refractivity (Wildman–Crippen MR) is 306 cm³/mol. The number of H-pyrrole nitrogens is 1. The maximum atomic E-state index is 14.8. The minimum Gasteiger partial charge on any atom is -0.379 e. The molecular weight excluding hydrogens is 1070 g/mol. The summed E-state index contributed by atoms with van der Waals surface area (Å²) in [4.78, 5) is 152. The van der Waals surface area contributed by atoms with Gasteiger partial charge in [0.25, 0.3) is 17.7 Å². The molecule has 0 bridgehead atoms. The number of aromatic nitrogens is 1. The highest BCUT2D eigenvalue weighted by molar-refractivity contribution is 6.01. The van der Waals surface area contributed by atoms with E-state index >= 15 is 0 Å². The van der Waals surface area contributed by atoms with Gasteiger partial charge in [-0.1, -0.05) is 73.1 Å². The fourth-order valence-electron chi connectivity index (χ4n) is 11.5. The van der Waals surface area contributed by atoms with Crippen molar-refractivity contribution in [3.05, 3.63) is 36.0 Å². The van der Waals surface area contributed by atoms with Crippen LogP contribution in [0.15, 0.2) is 30.5 Å². The summed E-state index contributed by atoms with van der Waals surface area (Å²) < 4.78 is 12.2. The maximum absolute atomic E-state index is 14.8. The minimum absolute atomic E-state index is 0.0189. The number of likely N-dealkylation sites (tertiary alicyclic amines) is 1. The molecule has 24 heteroatoms. The van der Waals surface area contributed by atoms with Crippen molar-refractivity contribution in [1.29, 1.82) is 0 Å². The number of carbonyl (C=O) groups excluding carboxylic acids is 10. The van der Waals surface area contributed by atoms with E-state index in [1.165, 1.54) is 26.3 Å². The van der Waals surface area contributed by atoms with Gasteiger partial charge in [-0.25, -0.2) is 9.86 Å². The van der Waals surface area contributed by atoms with E-state index in [2.05, 4.69) is 21.0 Å². The molecule has 83 heavy (non-hydrogen) atoms. The topological polar surface area (TPSA) is 279 Å². The van der Waals surface area contributed by atoms with Gasteiger partial charge >= 0.3 is 5.97 Å². The molecular formula is C59H92N10O14. The molecule has 3 saturated heterocycles. The lowest BCUT2D eigenvalue weighted by molar-refractivity contribution is -0.199. The molecule has 0 aliphatic carbocycles. The van der Waals surface area contributed by atoms with E-state index < -0.39 is 83.8 Å². The van der Waals surface area contributed by atoms with E-state index in [0.29, 0.717) is 57.0 Å². The lowest BCUT2D eigenvalue weighted by Gasteiger charge is -2.41. The maximum Gasteiger partial charge on any atom is 0.333 e. The number of rotatable bonds is 30. The van der Waals surface area contributed by atoms with E-state index in [-0.39, 0.29) is 92.7 Å². The number of carbonyl (C=O) groups is 10. The van der Waals surface area contributed by atoms with Gasteiger partial charge in [0.05, 0.1) is 49.3 Å². The third-order valence-electron chi connectivity index (χ3n) is 16.4. The highest BCUT2D eigenvalue weighted by atomic mass is 16.7. The van der Waals surface area contributed by atoms with Crippen LogP contribution in [0.5, 0.6) is 0 Å². The Hall–Kier alpha value is -6.50. The van der Waals surface area contributed by atoms with Crippen LogP contribution in [0.25, 0.3) is 10.9 Å². The summed E-state index contributed by atoms with van der Waals surface area (Å²) in [5.41, 5.74) is 4.31. The number of nitrogens with one attached hydrogen (secondary N) is 4. The molecule has 3 aliphatic heterocycles. The van der Waals surface area contributed by atoms with E-state index in [0.717, 1.165) is 34.3 Å². The van der Waals surface area contributed by atoms with Crippen molar-refractivity contribution in [2.24, 2.45) is 23.7 Å². The van der Waals surface area contributed by atoms with Crippen LogP contribution in [-0.2, 0) is 73.5 Å². The van der Waals surface area contributed by atoms with E-state index in [1.807, 2.05) is 76.9 Å². The number of fused-ring (bicyclic) bond motifs is 1. The first-order valence-electron chi connectivity index (χ1n) is 29.5. The first kappa shape index (κ1) is 67.3. The van der Waals surface area contributed by atoms with E-state index in [4.69, 9.17) is 19.1 Å². The average Bonchev–Trinajstić information content (AvgIpc) is 4.44. The third-order valence-corrected chi connectivity index (χ3v) is 16.4. The molecule has 24 nitrogen and oxygen atoms in total. The zero-order valence-electron chi connectivity index (χ0n) is 50.9. The summed E-state index contributed by atoms with van der Waals surface area (Å²) in [6.45, 7) is 14.8. The van der Waals surface area contributed by atoms with Crippen LogP contribution >= 0.6 is 0 Å². The highest BCUT2D eigenvalue weighted by Crippen LogP contribution is 2.31. The Labute approximate surface area is 488 Å². The molecule has 4 N–H and O–H groups in total. The smallest absolute Gasteiger partial charge is 0.333 e. The van der Waals surface area contributed by atoms with Crippen LogP contribution in [0.4, 0.5) is 0 Å². The fourth-order valence-corrected chi connectivity index (χ4v) is 11.5. The summed E-state index contributed by atoms with van der Waals surface area (Å²) in [6.07, 6.45) is 4.02. The second-order valence-electron chi connectivity index (χ2n) is 23.1. The quantitative estimate of drug-likeness (QED) is 0.0640. The summed E-state index contributed by atoms with van der Waals surface area (Å²) in [7, 11) is 7.86. The van der Waals surface area contributed by atoms with Crippen LogP contribution < -0.4 is 16.1 Å². The van der Waals surface area contributed by atoms with E-state index in [1.54, 1.807) is 30.8 Å². The van der Waals surface area contributed by atoms with Crippen LogP contribution in [0.1, 0.15) is 138 Å². The molecule has 0 saturated carbocycles. The second kappa shape index (κ2) is 32.0. The Kier molecular flexibility index (Phi) is 25.9. The van der Waals surface area contributed by atoms with Gasteiger partial charge in [0.15, 0.2) is 0 Å². The molecule has 5 rings (SSSR count). The monoisotopic (exact) mass is 1160 g/mol. The van der Waals surface area contributed by atoms with Gasteiger partial charge in [0.2, 0.25) is 35.4 Å². The van der Waals surface area contributed by atoms with Crippen molar-refractivity contribution in [2.45, 2.75) is 181 Å². The number of hydrogen-bond acceptors (Lipinski definition) is 15. The lowest BCUT2D eigenvalue weighted by atomic mass is 9.89. The van der Waals surface area contributed by atoms with Gasteiger partial charge in [-0.05, 0) is 81.5 Å². The number of methoxy groups -OCH3 is 2. The van der Waals surface area contributed by atoms with Gasteiger partial charge in [-0.15, -0.1) is 5.06 Å². The standard InChI is InChI=1S/C59H92N10O14/c1-13-38(6)54(65(9)59(79)52(36(2)3)62-57(77)53(37(4)5)64(8)29-20-24-46(70)63-66(10)47(71)25-18-26-51(75)83-69-48(72)27-28-49(69)73)45(80-11)34-50(74)67-30-19-23-44(67)55(81-12)39(7)56(76)61-43(58(78)68-31-16-17-32-82-68)33-40-35-60-42-22-15-14-21-41(40)42/h14-15,21-22,35-39,43-45,52-55,60H,13,16-20,23-34H2,1-12H3,(H,61,76)(H,62,77)(H,63,70)/t38-,39+,43-,44-,45+,52-,53-,54-,55+/m0/s1. The molecule has 0 unspecified atom stereocenters. The first-order valence-corrected chi connectivity index (χ1v) is 29.5. The number of hydroxylamine groups is 4. The third kappa shape index (κ3) is 18.0. The molecule has 9 amide bonds. The van der Waals surface area contributed by atoms with Crippen LogP contribution in [0.3, 0.4) is 0 Å². The molecule has 4 heterocycles. The number of likely N-dealkylation sites (N-methyl/N-ethyl adjacent to an activating group) is 2. The Morgan fingerprint density at radius 3 is 2.14 bits per heavy atom. The summed E-state index contributed by atoms with van der Waals surface area (Å²) in [5.74, 6) is -6.10. The van der Waals surface area contributed by atoms with Crippen molar-refractivity contribution < 1.29 is 67.1 Å². The van der Waals surface area contributed by atoms with Crippen molar-refractivity contribution in [3.63, 3.8) is 0 Å². The van der Waals surface area contributed by atoms with Crippen molar-refractivity contribution in [3.8, 4) is 0 Å². The molecule has 1 aromatic carbocycles. The van der Waals surface area contributed by atoms with E-state index in [9.17, 15) is 47.9 Å². The molecule has 1 aromatic heterocycles. The van der Waals surface area contributed by atoms with Gasteiger partial charge in [-0.3, -0.25) is 63.3 Å². The fraction of sp³-hybridized carbons (Fsp3) is 0.695. The Morgan fingerprint density at radius 2 is 1.52 bits per heavy atom. The minimum atomic E-state index is -0.951.